The van der Waals surface area contributed by atoms with E-state index in [1.807, 2.05) is 11.4 Å². The first-order chi connectivity index (χ1) is 20.6. The van der Waals surface area contributed by atoms with Crippen molar-refractivity contribution in [1.82, 2.24) is 14.5 Å². The molecule has 0 amide bonds. The Hall–Kier alpha value is -3.74. The van der Waals surface area contributed by atoms with Crippen LogP contribution in [0.2, 0.25) is 25.7 Å². The Bertz CT molecular complexity index is 1780. The number of nitrogens with zero attached hydrogens (tertiary/aromatic N) is 3. The second-order valence-corrected chi connectivity index (χ2v) is 17.9. The largest absolute Gasteiger partial charge is 0.494 e. The summed E-state index contributed by atoms with van der Waals surface area (Å²) in [5, 5.41) is 21.9. The molecule has 3 aromatic heterocycles. The van der Waals surface area contributed by atoms with E-state index < -0.39 is 13.9 Å². The van der Waals surface area contributed by atoms with Crippen molar-refractivity contribution in [3.05, 3.63) is 88.6 Å². The van der Waals surface area contributed by atoms with Crippen LogP contribution in [-0.2, 0) is 24.7 Å². The van der Waals surface area contributed by atoms with E-state index in [0.29, 0.717) is 56.1 Å². The van der Waals surface area contributed by atoms with Crippen molar-refractivity contribution >= 4 is 35.3 Å². The average molecular weight is 620 g/mol. The maximum absolute atomic E-state index is 14.5. The maximum atomic E-state index is 14.5. The van der Waals surface area contributed by atoms with Crippen molar-refractivity contribution in [1.29, 1.82) is 0 Å². The molecule has 0 aliphatic rings. The summed E-state index contributed by atoms with van der Waals surface area (Å²) in [6.07, 6.45) is 1.75. The number of benzene rings is 2. The lowest BCUT2D eigenvalue weighted by Crippen LogP contribution is -2.22. The van der Waals surface area contributed by atoms with E-state index in [0.717, 1.165) is 6.04 Å². The number of carbonyl (C=O) groups is 1. The first kappa shape index (κ1) is 30.7. The number of carbonyl (C=O) groups excluding carboxylic acids is 1. The number of methoxy groups -OCH3 is 1. The number of hydrogen-bond acceptors (Lipinski definition) is 8. The molecule has 0 saturated carbocycles. The summed E-state index contributed by atoms with van der Waals surface area (Å²) >= 11 is 1.27. The highest BCUT2D eigenvalue weighted by Crippen LogP contribution is 2.38. The summed E-state index contributed by atoms with van der Waals surface area (Å²) in [5.41, 5.74) is 3.66. The highest BCUT2D eigenvalue weighted by atomic mass is 32.1. The van der Waals surface area contributed by atoms with Gasteiger partial charge in [0, 0.05) is 42.8 Å². The highest BCUT2D eigenvalue weighted by Gasteiger charge is 2.23. The molecule has 11 heteroatoms. The summed E-state index contributed by atoms with van der Waals surface area (Å²) in [5.74, 6) is -0.131. The lowest BCUT2D eigenvalue weighted by atomic mass is 10.0. The van der Waals surface area contributed by atoms with Gasteiger partial charge in [-0.15, -0.1) is 11.3 Å². The van der Waals surface area contributed by atoms with E-state index in [1.165, 1.54) is 24.5 Å². The predicted molar refractivity (Wildman–Crippen MR) is 169 cm³/mol. The zero-order valence-corrected chi connectivity index (χ0v) is 26.4. The van der Waals surface area contributed by atoms with Gasteiger partial charge in [-0.2, -0.15) is 0 Å². The van der Waals surface area contributed by atoms with Crippen LogP contribution in [0.1, 0.15) is 27.4 Å². The molecule has 0 aliphatic heterocycles. The second kappa shape index (κ2) is 12.9. The van der Waals surface area contributed by atoms with Gasteiger partial charge in [0.1, 0.15) is 29.7 Å². The Balaban J connectivity index is 1.55. The Morgan fingerprint density at radius 1 is 1.05 bits per heavy atom. The lowest BCUT2D eigenvalue weighted by Gasteiger charge is -2.16. The van der Waals surface area contributed by atoms with Crippen LogP contribution in [-0.4, -0.2) is 52.3 Å². The fourth-order valence-corrected chi connectivity index (χ4v) is 6.43. The Morgan fingerprint density at radius 3 is 2.56 bits per heavy atom. The van der Waals surface area contributed by atoms with Gasteiger partial charge in [-0.3, -0.25) is 4.79 Å². The highest BCUT2D eigenvalue weighted by molar-refractivity contribution is 7.17. The molecule has 5 rings (SSSR count). The molecule has 2 aromatic carbocycles. The summed E-state index contributed by atoms with van der Waals surface area (Å²) < 4.78 is 28.2. The Kier molecular flexibility index (Phi) is 9.18. The zero-order valence-electron chi connectivity index (χ0n) is 24.6. The smallest absolute Gasteiger partial charge is 0.246 e. The minimum Gasteiger partial charge on any atom is -0.494 e. The number of ketones is 1. The molecule has 0 radical (unpaired) electrons. The molecule has 3 heterocycles. The number of thiophene rings is 1. The SMILES string of the molecule is COc1ccc(C(=O)c2nc(-c3ccc(CO)c(CO)c3)cn2COCC[Si](C)(C)C)nc1-c1csc2c(F)cccc12. The number of aliphatic hydroxyl groups excluding tert-OH is 2. The number of halogens is 1. The quantitative estimate of drug-likeness (QED) is 0.0933. The monoisotopic (exact) mass is 619 g/mol. The van der Waals surface area contributed by atoms with E-state index in [2.05, 4.69) is 19.6 Å². The van der Waals surface area contributed by atoms with Gasteiger partial charge in [-0.1, -0.05) is 43.9 Å². The van der Waals surface area contributed by atoms with Gasteiger partial charge >= 0.3 is 0 Å². The van der Waals surface area contributed by atoms with Gasteiger partial charge in [-0.05, 0) is 41.4 Å². The van der Waals surface area contributed by atoms with Gasteiger partial charge in [0.2, 0.25) is 5.78 Å². The first-order valence-electron chi connectivity index (χ1n) is 13.9. The molecular formula is C32H34FN3O5SSi. The summed E-state index contributed by atoms with van der Waals surface area (Å²) in [6, 6.07) is 14.4. The molecular weight excluding hydrogens is 586 g/mol. The molecule has 0 bridgehead atoms. The standard InChI is InChI=1S/C32H34FN3O5SSi/c1-40-28-11-10-26(34-29(28)24-18-42-31-23(24)6-5-7-25(31)33)30(39)32-35-27(15-36(32)19-41-12-13-43(2,3)4)20-8-9-21(16-37)22(14-20)17-38/h5-11,14-15,18,37-38H,12-13,16-17,19H2,1-4H3. The van der Waals surface area contributed by atoms with Crippen molar-refractivity contribution in [2.24, 2.45) is 0 Å². The fraction of sp³-hybridized carbons (Fsp3) is 0.281. The minimum atomic E-state index is -1.32. The van der Waals surface area contributed by atoms with Crippen molar-refractivity contribution in [2.75, 3.05) is 13.7 Å². The number of rotatable bonds is 12. The van der Waals surface area contributed by atoms with Crippen molar-refractivity contribution in [2.45, 2.75) is 45.6 Å². The third kappa shape index (κ3) is 6.61. The van der Waals surface area contributed by atoms with Gasteiger partial charge in [0.05, 0.1) is 30.7 Å². The second-order valence-electron chi connectivity index (χ2n) is 11.4. The van der Waals surface area contributed by atoms with E-state index >= 15 is 0 Å². The van der Waals surface area contributed by atoms with Crippen LogP contribution < -0.4 is 4.74 Å². The minimum absolute atomic E-state index is 0.123. The number of pyridine rings is 1. The Labute approximate surface area is 254 Å². The van der Waals surface area contributed by atoms with Crippen LogP contribution >= 0.6 is 11.3 Å². The number of hydrogen-bond donors (Lipinski definition) is 2. The van der Waals surface area contributed by atoms with Crippen LogP contribution in [0.4, 0.5) is 4.39 Å². The molecule has 5 aromatic rings. The fourth-order valence-electron chi connectivity index (χ4n) is 4.71. The molecule has 0 unspecified atom stereocenters. The predicted octanol–water partition coefficient (Wildman–Crippen LogP) is 6.50. The van der Waals surface area contributed by atoms with Crippen LogP contribution in [0, 0.1) is 5.82 Å². The lowest BCUT2D eigenvalue weighted by molar-refractivity contribution is 0.0811. The van der Waals surface area contributed by atoms with Gasteiger partial charge in [-0.25, -0.2) is 14.4 Å². The first-order valence-corrected chi connectivity index (χ1v) is 18.5. The molecule has 0 saturated heterocycles. The Morgan fingerprint density at radius 2 is 1.84 bits per heavy atom. The maximum Gasteiger partial charge on any atom is 0.246 e. The van der Waals surface area contributed by atoms with Crippen LogP contribution in [0.5, 0.6) is 5.75 Å². The molecule has 224 valence electrons. The molecule has 8 nitrogen and oxygen atoms in total. The van der Waals surface area contributed by atoms with Gasteiger partial charge in [0.25, 0.3) is 0 Å². The molecule has 2 N–H and O–H groups in total. The third-order valence-corrected chi connectivity index (χ3v) is 9.88. The summed E-state index contributed by atoms with van der Waals surface area (Å²) in [4.78, 5) is 23.4. The molecule has 0 aliphatic carbocycles. The average Bonchev–Trinajstić information content (AvgIpc) is 3.63. The molecule has 0 atom stereocenters. The molecule has 0 spiro atoms. The van der Waals surface area contributed by atoms with E-state index in [-0.39, 0.29) is 37.3 Å². The number of ether oxygens (including phenoxy) is 2. The van der Waals surface area contributed by atoms with Gasteiger partial charge < -0.3 is 24.3 Å². The topological polar surface area (TPSA) is 107 Å². The van der Waals surface area contributed by atoms with Crippen molar-refractivity contribution in [3.63, 3.8) is 0 Å². The summed E-state index contributed by atoms with van der Waals surface area (Å²) in [6.45, 7) is 7.06. The van der Waals surface area contributed by atoms with Crippen LogP contribution in [0.3, 0.4) is 0 Å². The normalized spacial score (nSPS) is 11.8. The van der Waals surface area contributed by atoms with Crippen molar-refractivity contribution < 1.29 is 28.9 Å². The summed E-state index contributed by atoms with van der Waals surface area (Å²) in [7, 11) is 0.203. The van der Waals surface area contributed by atoms with Crippen LogP contribution in [0.25, 0.3) is 32.6 Å². The number of fused-ring (bicyclic) bond motifs is 1. The number of imidazole rings is 1. The van der Waals surface area contributed by atoms with Crippen molar-refractivity contribution in [3.8, 4) is 28.3 Å². The third-order valence-electron chi connectivity index (χ3n) is 7.17. The molecule has 0 fully saturated rings. The van der Waals surface area contributed by atoms with E-state index in [9.17, 15) is 19.4 Å². The van der Waals surface area contributed by atoms with E-state index in [1.54, 1.807) is 47.2 Å². The number of aromatic nitrogens is 3. The number of aliphatic hydroxyl groups is 2. The molecule has 43 heavy (non-hydrogen) atoms. The zero-order chi connectivity index (χ0) is 30.7. The van der Waals surface area contributed by atoms with Gasteiger partial charge in [0.15, 0.2) is 5.82 Å². The van der Waals surface area contributed by atoms with Crippen LogP contribution in [0.15, 0.2) is 60.1 Å². The van der Waals surface area contributed by atoms with E-state index in [4.69, 9.17) is 19.4 Å².